The van der Waals surface area contributed by atoms with E-state index in [2.05, 4.69) is 10.6 Å². The second-order valence-electron chi connectivity index (χ2n) is 3.28. The monoisotopic (exact) mass is 253 g/mol. The van der Waals surface area contributed by atoms with Crippen molar-refractivity contribution in [3.8, 4) is 0 Å². The Morgan fingerprint density at radius 1 is 1.44 bits per heavy atom. The first-order chi connectivity index (χ1) is 8.45. The van der Waals surface area contributed by atoms with E-state index in [9.17, 15) is 19.7 Å². The molecule has 0 aliphatic heterocycles. The molecule has 0 radical (unpaired) electrons. The largest absolute Gasteiger partial charge is 0.478 e. The first kappa shape index (κ1) is 13.4. The van der Waals surface area contributed by atoms with Crippen molar-refractivity contribution in [2.45, 2.75) is 6.92 Å². The molecular weight excluding hydrogens is 242 g/mol. The van der Waals surface area contributed by atoms with Crippen molar-refractivity contribution in [1.29, 1.82) is 0 Å². The fourth-order valence-corrected chi connectivity index (χ4v) is 1.25. The van der Waals surface area contributed by atoms with Crippen molar-refractivity contribution < 1.29 is 19.6 Å². The Labute approximate surface area is 102 Å². The highest BCUT2D eigenvalue weighted by Gasteiger charge is 2.18. The molecular formula is C10H11N3O5. The molecule has 0 unspecified atom stereocenters. The van der Waals surface area contributed by atoms with Gasteiger partial charge in [-0.05, 0) is 19.1 Å². The molecule has 0 fully saturated rings. The van der Waals surface area contributed by atoms with Gasteiger partial charge >= 0.3 is 12.0 Å². The van der Waals surface area contributed by atoms with Crippen LogP contribution in [0.2, 0.25) is 0 Å². The average Bonchev–Trinajstić information content (AvgIpc) is 2.29. The van der Waals surface area contributed by atoms with E-state index in [0.717, 1.165) is 6.07 Å². The summed E-state index contributed by atoms with van der Waals surface area (Å²) in [4.78, 5) is 32.0. The summed E-state index contributed by atoms with van der Waals surface area (Å²) in [5.74, 6) is -1.28. The molecule has 0 aromatic heterocycles. The maximum absolute atomic E-state index is 11.2. The van der Waals surface area contributed by atoms with E-state index in [1.807, 2.05) is 0 Å². The first-order valence-corrected chi connectivity index (χ1v) is 5.02. The van der Waals surface area contributed by atoms with Gasteiger partial charge in [-0.25, -0.2) is 9.59 Å². The van der Waals surface area contributed by atoms with Gasteiger partial charge in [-0.15, -0.1) is 0 Å². The molecule has 1 aromatic carbocycles. The minimum absolute atomic E-state index is 0.0593. The smallest absolute Gasteiger partial charge is 0.335 e. The van der Waals surface area contributed by atoms with E-state index < -0.39 is 22.6 Å². The van der Waals surface area contributed by atoms with Crippen molar-refractivity contribution in [2.75, 3.05) is 11.9 Å². The number of amides is 2. The Kier molecular flexibility index (Phi) is 4.19. The van der Waals surface area contributed by atoms with Gasteiger partial charge in [-0.3, -0.25) is 10.1 Å². The number of nitrogens with zero attached hydrogens (tertiary/aromatic N) is 1. The van der Waals surface area contributed by atoms with Gasteiger partial charge in [0.05, 0.1) is 10.5 Å². The number of benzene rings is 1. The maximum atomic E-state index is 11.2. The summed E-state index contributed by atoms with van der Waals surface area (Å²) in [6.07, 6.45) is 0. The molecule has 0 saturated carbocycles. The number of aromatic carboxylic acids is 1. The van der Waals surface area contributed by atoms with Crippen LogP contribution in [0.3, 0.4) is 0 Å². The topological polar surface area (TPSA) is 122 Å². The van der Waals surface area contributed by atoms with Crippen LogP contribution in [0.5, 0.6) is 0 Å². The number of carbonyl (C=O) groups excluding carboxylic acids is 1. The highest BCUT2D eigenvalue weighted by Crippen LogP contribution is 2.25. The molecule has 3 N–H and O–H groups in total. The SMILES string of the molecule is CCNC(=O)Nc1ccc(C(=O)O)cc1[N+](=O)[O-]. The van der Waals surface area contributed by atoms with Crippen molar-refractivity contribution in [2.24, 2.45) is 0 Å². The summed E-state index contributed by atoms with van der Waals surface area (Å²) < 4.78 is 0. The fraction of sp³-hybridized carbons (Fsp3) is 0.200. The number of rotatable bonds is 4. The number of carbonyl (C=O) groups is 2. The van der Waals surface area contributed by atoms with Crippen LogP contribution >= 0.6 is 0 Å². The molecule has 8 heteroatoms. The van der Waals surface area contributed by atoms with Crippen LogP contribution in [0, 0.1) is 10.1 Å². The Hall–Kier alpha value is -2.64. The number of hydrogen-bond donors (Lipinski definition) is 3. The first-order valence-electron chi connectivity index (χ1n) is 5.02. The van der Waals surface area contributed by atoms with Crippen LogP contribution in [0.4, 0.5) is 16.2 Å². The molecule has 8 nitrogen and oxygen atoms in total. The molecule has 0 heterocycles. The van der Waals surface area contributed by atoms with Gasteiger partial charge < -0.3 is 15.7 Å². The molecule has 0 atom stereocenters. The summed E-state index contributed by atoms with van der Waals surface area (Å²) >= 11 is 0. The molecule has 96 valence electrons. The maximum Gasteiger partial charge on any atom is 0.335 e. The number of hydrogen-bond acceptors (Lipinski definition) is 4. The van der Waals surface area contributed by atoms with Crippen molar-refractivity contribution in [1.82, 2.24) is 5.32 Å². The number of carboxylic acid groups (broad SMARTS) is 1. The predicted molar refractivity (Wildman–Crippen MR) is 62.8 cm³/mol. The van der Waals surface area contributed by atoms with E-state index in [0.29, 0.717) is 6.54 Å². The number of urea groups is 1. The number of carboxylic acids is 1. The zero-order valence-electron chi connectivity index (χ0n) is 9.47. The lowest BCUT2D eigenvalue weighted by molar-refractivity contribution is -0.383. The lowest BCUT2D eigenvalue weighted by Crippen LogP contribution is -2.28. The highest BCUT2D eigenvalue weighted by atomic mass is 16.6. The highest BCUT2D eigenvalue weighted by molar-refractivity contribution is 5.94. The summed E-state index contributed by atoms with van der Waals surface area (Å²) in [6.45, 7) is 2.06. The second kappa shape index (κ2) is 5.62. The zero-order chi connectivity index (χ0) is 13.7. The minimum Gasteiger partial charge on any atom is -0.478 e. The molecule has 0 bridgehead atoms. The Bertz CT molecular complexity index is 500. The van der Waals surface area contributed by atoms with E-state index in [-0.39, 0.29) is 11.3 Å². The van der Waals surface area contributed by atoms with Crippen molar-refractivity contribution in [3.63, 3.8) is 0 Å². The van der Waals surface area contributed by atoms with Gasteiger partial charge in [0.1, 0.15) is 5.69 Å². The van der Waals surface area contributed by atoms with Crippen LogP contribution in [0.25, 0.3) is 0 Å². The summed E-state index contributed by atoms with van der Waals surface area (Å²) in [5.41, 5.74) is -0.750. The molecule has 0 spiro atoms. The lowest BCUT2D eigenvalue weighted by atomic mass is 10.1. The number of nitro benzene ring substituents is 1. The average molecular weight is 253 g/mol. The summed E-state index contributed by atoms with van der Waals surface area (Å²) in [5, 5.41) is 24.2. The van der Waals surface area contributed by atoms with Crippen LogP contribution in [-0.4, -0.2) is 28.6 Å². The number of anilines is 1. The van der Waals surface area contributed by atoms with E-state index in [4.69, 9.17) is 5.11 Å². The van der Waals surface area contributed by atoms with E-state index in [1.54, 1.807) is 6.92 Å². The lowest BCUT2D eigenvalue weighted by Gasteiger charge is -2.06. The predicted octanol–water partition coefficient (Wildman–Crippen LogP) is 1.43. The summed E-state index contributed by atoms with van der Waals surface area (Å²) in [6, 6.07) is 2.65. The van der Waals surface area contributed by atoms with Crippen molar-refractivity contribution in [3.05, 3.63) is 33.9 Å². The van der Waals surface area contributed by atoms with Gasteiger partial charge in [-0.2, -0.15) is 0 Å². The van der Waals surface area contributed by atoms with Gasteiger partial charge in [0, 0.05) is 12.6 Å². The Morgan fingerprint density at radius 3 is 2.61 bits per heavy atom. The molecule has 1 rings (SSSR count). The van der Waals surface area contributed by atoms with Crippen LogP contribution < -0.4 is 10.6 Å². The third-order valence-corrected chi connectivity index (χ3v) is 2.03. The third kappa shape index (κ3) is 3.17. The van der Waals surface area contributed by atoms with Crippen LogP contribution in [0.15, 0.2) is 18.2 Å². The normalized spacial score (nSPS) is 9.61. The van der Waals surface area contributed by atoms with Gasteiger partial charge in [-0.1, -0.05) is 0 Å². The summed E-state index contributed by atoms with van der Waals surface area (Å²) in [7, 11) is 0. The molecule has 0 saturated heterocycles. The fourth-order valence-electron chi connectivity index (χ4n) is 1.25. The molecule has 18 heavy (non-hydrogen) atoms. The second-order valence-corrected chi connectivity index (χ2v) is 3.28. The molecule has 0 aliphatic carbocycles. The number of nitrogens with one attached hydrogen (secondary N) is 2. The van der Waals surface area contributed by atoms with Gasteiger partial charge in [0.2, 0.25) is 0 Å². The van der Waals surface area contributed by atoms with Gasteiger partial charge in [0.25, 0.3) is 5.69 Å². The van der Waals surface area contributed by atoms with Gasteiger partial charge in [0.15, 0.2) is 0 Å². The third-order valence-electron chi connectivity index (χ3n) is 2.03. The Morgan fingerprint density at radius 2 is 2.11 bits per heavy atom. The number of nitro groups is 1. The van der Waals surface area contributed by atoms with E-state index >= 15 is 0 Å². The zero-order valence-corrected chi connectivity index (χ0v) is 9.47. The van der Waals surface area contributed by atoms with Crippen molar-refractivity contribution >= 4 is 23.4 Å². The quantitative estimate of drug-likeness (QED) is 0.553. The standard InChI is InChI=1S/C10H11N3O5/c1-2-11-10(16)12-7-4-3-6(9(14)15)5-8(7)13(17)18/h3-5H,2H2,1H3,(H,14,15)(H2,11,12,16). The van der Waals surface area contributed by atoms with Crippen LogP contribution in [0.1, 0.15) is 17.3 Å². The minimum atomic E-state index is -1.28. The molecule has 2 amide bonds. The van der Waals surface area contributed by atoms with Crippen LogP contribution in [-0.2, 0) is 0 Å². The van der Waals surface area contributed by atoms with E-state index in [1.165, 1.54) is 12.1 Å². The molecule has 1 aromatic rings. The molecule has 0 aliphatic rings. The Balaban J connectivity index is 3.08.